The molecule has 0 aliphatic carbocycles. The summed E-state index contributed by atoms with van der Waals surface area (Å²) in [5, 5.41) is 3.84. The van der Waals surface area contributed by atoms with Gasteiger partial charge in [-0.3, -0.25) is 4.79 Å². The average molecular weight is 496 g/mol. The number of aryl methyl sites for hydroxylation is 1. The van der Waals surface area contributed by atoms with Crippen molar-refractivity contribution in [3.63, 3.8) is 0 Å². The minimum Gasteiger partial charge on any atom is -0.490 e. The summed E-state index contributed by atoms with van der Waals surface area (Å²) in [6.07, 6.45) is 1.36. The lowest BCUT2D eigenvalue weighted by atomic mass is 10.2. The molecule has 2 N–H and O–H groups in total. The normalized spacial score (nSPS) is 11.3. The van der Waals surface area contributed by atoms with Crippen LogP contribution in [-0.4, -0.2) is 39.7 Å². The summed E-state index contributed by atoms with van der Waals surface area (Å²) >= 11 is 0. The lowest BCUT2D eigenvalue weighted by molar-refractivity contribution is -0.119. The molecule has 9 nitrogen and oxygen atoms in total. The second-order valence-corrected chi connectivity index (χ2v) is 9.09. The van der Waals surface area contributed by atoms with Crippen molar-refractivity contribution in [2.45, 2.75) is 18.7 Å². The summed E-state index contributed by atoms with van der Waals surface area (Å²) in [6.45, 7) is 3.50. The molecule has 3 aromatic rings. The van der Waals surface area contributed by atoms with Gasteiger partial charge in [0, 0.05) is 0 Å². The number of nitrogens with one attached hydrogen (secondary N) is 2. The molecule has 0 bridgehead atoms. The smallest absolute Gasteiger partial charge is 0.343 e. The summed E-state index contributed by atoms with van der Waals surface area (Å²) in [7, 11) is -3.82. The zero-order valence-electron chi connectivity index (χ0n) is 19.2. The third-order valence-electron chi connectivity index (χ3n) is 4.64. The van der Waals surface area contributed by atoms with Gasteiger partial charge in [-0.2, -0.15) is 5.10 Å². The molecule has 0 fully saturated rings. The number of hydrazone groups is 1. The quantitative estimate of drug-likeness (QED) is 0.193. The van der Waals surface area contributed by atoms with Crippen LogP contribution in [0.4, 0.5) is 0 Å². The van der Waals surface area contributed by atoms with Crippen LogP contribution < -0.4 is 19.6 Å². The Balaban J connectivity index is 1.58. The monoisotopic (exact) mass is 495 g/mol. The fourth-order valence-corrected chi connectivity index (χ4v) is 3.85. The van der Waals surface area contributed by atoms with E-state index in [-0.39, 0.29) is 10.6 Å². The second-order valence-electron chi connectivity index (χ2n) is 7.33. The van der Waals surface area contributed by atoms with Crippen LogP contribution in [0.1, 0.15) is 28.4 Å². The summed E-state index contributed by atoms with van der Waals surface area (Å²) in [5.74, 6) is -0.589. The number of amides is 1. The summed E-state index contributed by atoms with van der Waals surface area (Å²) in [6, 6.07) is 19.6. The van der Waals surface area contributed by atoms with Crippen LogP contribution in [0.5, 0.6) is 11.5 Å². The van der Waals surface area contributed by atoms with Crippen LogP contribution in [-0.2, 0) is 14.8 Å². The average Bonchev–Trinajstić information content (AvgIpc) is 2.85. The van der Waals surface area contributed by atoms with Crippen molar-refractivity contribution >= 4 is 28.1 Å². The lowest BCUT2D eigenvalue weighted by Crippen LogP contribution is -2.34. The van der Waals surface area contributed by atoms with E-state index in [9.17, 15) is 18.0 Å². The molecule has 0 aromatic heterocycles. The third kappa shape index (κ3) is 7.49. The first-order chi connectivity index (χ1) is 16.8. The summed E-state index contributed by atoms with van der Waals surface area (Å²) in [4.78, 5) is 24.4. The third-order valence-corrected chi connectivity index (χ3v) is 6.05. The number of hydrogen-bond donors (Lipinski definition) is 2. The molecule has 0 saturated carbocycles. The van der Waals surface area contributed by atoms with Gasteiger partial charge >= 0.3 is 5.97 Å². The molecule has 0 aliphatic rings. The van der Waals surface area contributed by atoms with E-state index in [2.05, 4.69) is 15.2 Å². The lowest BCUT2D eigenvalue weighted by Gasteiger charge is -2.11. The van der Waals surface area contributed by atoms with Crippen molar-refractivity contribution in [3.8, 4) is 11.5 Å². The number of ether oxygens (including phenoxy) is 2. The first-order valence-corrected chi connectivity index (χ1v) is 12.2. The number of esters is 1. The molecule has 35 heavy (non-hydrogen) atoms. The van der Waals surface area contributed by atoms with E-state index < -0.39 is 28.4 Å². The number of benzene rings is 3. The van der Waals surface area contributed by atoms with Crippen molar-refractivity contribution in [3.05, 3.63) is 89.5 Å². The van der Waals surface area contributed by atoms with Gasteiger partial charge < -0.3 is 9.47 Å². The molecule has 0 radical (unpaired) electrons. The number of rotatable bonds is 10. The van der Waals surface area contributed by atoms with Crippen LogP contribution in [0.3, 0.4) is 0 Å². The van der Waals surface area contributed by atoms with Gasteiger partial charge in [-0.05, 0) is 61.9 Å². The fraction of sp³-hybridized carbons (Fsp3) is 0.160. The molecular formula is C25H25N3O6S. The van der Waals surface area contributed by atoms with Crippen LogP contribution in [0.2, 0.25) is 0 Å². The number of carbonyl (C=O) groups excluding carboxylic acids is 2. The maximum Gasteiger partial charge on any atom is 0.343 e. The van der Waals surface area contributed by atoms with Crippen LogP contribution >= 0.6 is 0 Å². The van der Waals surface area contributed by atoms with E-state index >= 15 is 0 Å². The predicted octanol–water partition coefficient (Wildman–Crippen LogP) is 3.04. The Kier molecular flexibility index (Phi) is 8.71. The van der Waals surface area contributed by atoms with Crippen molar-refractivity contribution in [2.75, 3.05) is 13.2 Å². The van der Waals surface area contributed by atoms with E-state index in [1.807, 2.05) is 6.92 Å². The maximum absolute atomic E-state index is 12.3. The molecular weight excluding hydrogens is 470 g/mol. The molecule has 0 aliphatic heterocycles. The van der Waals surface area contributed by atoms with Crippen LogP contribution in [0.25, 0.3) is 0 Å². The molecule has 1 amide bonds. The Morgan fingerprint density at radius 2 is 1.69 bits per heavy atom. The maximum atomic E-state index is 12.3. The van der Waals surface area contributed by atoms with Crippen molar-refractivity contribution in [2.24, 2.45) is 5.10 Å². The van der Waals surface area contributed by atoms with E-state index in [1.165, 1.54) is 18.3 Å². The van der Waals surface area contributed by atoms with Gasteiger partial charge in [0.05, 0.1) is 29.8 Å². The molecule has 0 saturated heterocycles. The Hall–Kier alpha value is -4.02. The number of hydrogen-bond acceptors (Lipinski definition) is 7. The Labute approximate surface area is 203 Å². The zero-order valence-corrected chi connectivity index (χ0v) is 20.0. The standard InChI is InChI=1S/C25H25N3O6S/c1-3-33-23-15-19(11-14-22(23)34-25(30)20-7-5-4-6-8-20)16-26-28-24(29)17-27-35(31,32)21-12-9-18(2)10-13-21/h4-16,27H,3,17H2,1-2H3,(H,28,29)/b26-16+. The molecule has 3 aromatic carbocycles. The Morgan fingerprint density at radius 3 is 2.37 bits per heavy atom. The number of nitrogens with zero attached hydrogens (tertiary/aromatic N) is 1. The largest absolute Gasteiger partial charge is 0.490 e. The van der Waals surface area contributed by atoms with Gasteiger partial charge in [0.25, 0.3) is 5.91 Å². The SMILES string of the molecule is CCOc1cc(/C=N/NC(=O)CNS(=O)(=O)c2ccc(C)cc2)ccc1OC(=O)c1ccccc1. The van der Waals surface area contributed by atoms with Gasteiger partial charge in [-0.15, -0.1) is 0 Å². The highest BCUT2D eigenvalue weighted by atomic mass is 32.2. The summed E-state index contributed by atoms with van der Waals surface area (Å²) < 4.78 is 37.8. The van der Waals surface area contributed by atoms with Crippen molar-refractivity contribution in [1.29, 1.82) is 0 Å². The van der Waals surface area contributed by atoms with E-state index in [4.69, 9.17) is 9.47 Å². The van der Waals surface area contributed by atoms with Gasteiger partial charge in [-0.1, -0.05) is 35.9 Å². The number of sulfonamides is 1. The molecule has 182 valence electrons. The summed E-state index contributed by atoms with van der Waals surface area (Å²) in [5.41, 5.74) is 4.15. The Morgan fingerprint density at radius 1 is 0.971 bits per heavy atom. The van der Waals surface area contributed by atoms with E-state index in [1.54, 1.807) is 67.6 Å². The second kappa shape index (κ2) is 11.9. The van der Waals surface area contributed by atoms with Gasteiger partial charge in [0.1, 0.15) is 0 Å². The van der Waals surface area contributed by atoms with Crippen molar-refractivity contribution < 1.29 is 27.5 Å². The molecule has 0 spiro atoms. The van der Waals surface area contributed by atoms with Crippen molar-refractivity contribution in [1.82, 2.24) is 10.1 Å². The molecule has 10 heteroatoms. The van der Waals surface area contributed by atoms with E-state index in [0.29, 0.717) is 23.5 Å². The molecule has 0 unspecified atom stereocenters. The Bertz CT molecular complexity index is 1310. The predicted molar refractivity (Wildman–Crippen MR) is 131 cm³/mol. The first kappa shape index (κ1) is 25.6. The molecule has 0 atom stereocenters. The molecule has 3 rings (SSSR count). The topological polar surface area (TPSA) is 123 Å². The minimum atomic E-state index is -3.82. The van der Waals surface area contributed by atoms with E-state index in [0.717, 1.165) is 5.56 Å². The zero-order chi connectivity index (χ0) is 25.3. The fourth-order valence-electron chi connectivity index (χ4n) is 2.87. The highest BCUT2D eigenvalue weighted by molar-refractivity contribution is 7.89. The highest BCUT2D eigenvalue weighted by Crippen LogP contribution is 2.29. The van der Waals surface area contributed by atoms with Gasteiger partial charge in [0.15, 0.2) is 11.5 Å². The van der Waals surface area contributed by atoms with Crippen LogP contribution in [0.15, 0.2) is 82.8 Å². The minimum absolute atomic E-state index is 0.0657. The highest BCUT2D eigenvalue weighted by Gasteiger charge is 2.15. The van der Waals surface area contributed by atoms with Gasteiger partial charge in [-0.25, -0.2) is 23.4 Å². The van der Waals surface area contributed by atoms with Crippen LogP contribution in [0, 0.1) is 6.92 Å². The molecule has 0 heterocycles. The van der Waals surface area contributed by atoms with Gasteiger partial charge in [0.2, 0.25) is 10.0 Å². The number of carbonyl (C=O) groups is 2. The first-order valence-electron chi connectivity index (χ1n) is 10.7.